The second-order valence-electron chi connectivity index (χ2n) is 6.75. The Balaban J connectivity index is 1.73. The summed E-state index contributed by atoms with van der Waals surface area (Å²) in [5.41, 5.74) is 2.57. The molecule has 1 aliphatic heterocycles. The molecule has 0 aliphatic carbocycles. The minimum absolute atomic E-state index is 0.0790. The van der Waals surface area contributed by atoms with E-state index in [1.54, 1.807) is 20.5 Å². The molecule has 1 aliphatic rings. The van der Waals surface area contributed by atoms with Gasteiger partial charge in [0, 0.05) is 18.0 Å². The van der Waals surface area contributed by atoms with Gasteiger partial charge in [-0.15, -0.1) is 6.42 Å². The number of hydrogen-bond donors (Lipinski definition) is 1. The summed E-state index contributed by atoms with van der Waals surface area (Å²) in [7, 11) is 3.19. The first-order valence-electron chi connectivity index (χ1n) is 9.40. The SMILES string of the molecule is C#CCOc1cc([C@H]2CC(=O)Nc3c2ncn3-c2ccc(OC)cc2)ccc1OC. The molecule has 1 N–H and O–H groups in total. The van der Waals surface area contributed by atoms with Crippen LogP contribution in [-0.4, -0.2) is 36.3 Å². The molecule has 0 radical (unpaired) electrons. The lowest BCUT2D eigenvalue weighted by Gasteiger charge is -2.24. The molecular formula is C23H21N3O4. The molecule has 1 atom stereocenters. The normalized spacial score (nSPS) is 15.0. The highest BCUT2D eigenvalue weighted by atomic mass is 16.5. The van der Waals surface area contributed by atoms with Crippen molar-refractivity contribution in [2.45, 2.75) is 12.3 Å². The molecule has 1 aromatic heterocycles. The molecule has 0 spiro atoms. The van der Waals surface area contributed by atoms with E-state index in [1.807, 2.05) is 47.0 Å². The molecule has 30 heavy (non-hydrogen) atoms. The third-order valence-corrected chi connectivity index (χ3v) is 5.02. The monoisotopic (exact) mass is 403 g/mol. The topological polar surface area (TPSA) is 74.6 Å². The van der Waals surface area contributed by atoms with Crippen molar-refractivity contribution in [2.75, 3.05) is 26.1 Å². The van der Waals surface area contributed by atoms with Crippen molar-refractivity contribution < 1.29 is 19.0 Å². The van der Waals surface area contributed by atoms with Crippen LogP contribution in [0.1, 0.15) is 23.6 Å². The number of anilines is 1. The van der Waals surface area contributed by atoms with Gasteiger partial charge >= 0.3 is 0 Å². The summed E-state index contributed by atoms with van der Waals surface area (Å²) >= 11 is 0. The van der Waals surface area contributed by atoms with Crippen LogP contribution in [0.2, 0.25) is 0 Å². The standard InChI is InChI=1S/C23H21N3O4/c1-4-11-30-20-12-15(5-10-19(20)29-3)18-13-21(27)25-23-22(18)24-14-26(23)16-6-8-17(28-2)9-7-16/h1,5-10,12,14,18H,11,13H2,2-3H3,(H,25,27)/t18-/m1/s1. The van der Waals surface area contributed by atoms with Crippen LogP contribution in [0.5, 0.6) is 17.2 Å². The van der Waals surface area contributed by atoms with Crippen LogP contribution >= 0.6 is 0 Å². The highest BCUT2D eigenvalue weighted by Gasteiger charge is 2.31. The third-order valence-electron chi connectivity index (χ3n) is 5.02. The number of nitrogens with one attached hydrogen (secondary N) is 1. The summed E-state index contributed by atoms with van der Waals surface area (Å²) in [6.07, 6.45) is 7.31. The maximum Gasteiger partial charge on any atom is 0.226 e. The number of nitrogens with zero attached hydrogens (tertiary/aromatic N) is 2. The van der Waals surface area contributed by atoms with Gasteiger partial charge in [-0.05, 0) is 42.0 Å². The molecule has 0 unspecified atom stereocenters. The first-order valence-corrected chi connectivity index (χ1v) is 9.40. The fraction of sp³-hybridized carbons (Fsp3) is 0.217. The highest BCUT2D eigenvalue weighted by molar-refractivity contribution is 5.94. The zero-order valence-corrected chi connectivity index (χ0v) is 16.7. The predicted molar refractivity (Wildman–Crippen MR) is 113 cm³/mol. The van der Waals surface area contributed by atoms with Gasteiger partial charge < -0.3 is 19.5 Å². The number of benzene rings is 2. The second-order valence-corrected chi connectivity index (χ2v) is 6.75. The first kappa shape index (κ1) is 19.4. The predicted octanol–water partition coefficient (Wildman–Crippen LogP) is 3.38. The van der Waals surface area contributed by atoms with E-state index in [0.717, 1.165) is 22.7 Å². The average Bonchev–Trinajstić information content (AvgIpc) is 3.20. The number of fused-ring (bicyclic) bond motifs is 1. The quantitative estimate of drug-likeness (QED) is 0.639. The zero-order chi connectivity index (χ0) is 21.1. The lowest BCUT2D eigenvalue weighted by atomic mass is 9.89. The van der Waals surface area contributed by atoms with E-state index < -0.39 is 0 Å². The number of imidazole rings is 1. The van der Waals surface area contributed by atoms with Crippen molar-refractivity contribution in [1.82, 2.24) is 9.55 Å². The molecule has 4 rings (SSSR count). The number of hydrogen-bond acceptors (Lipinski definition) is 5. The zero-order valence-electron chi connectivity index (χ0n) is 16.7. The van der Waals surface area contributed by atoms with E-state index in [4.69, 9.17) is 20.6 Å². The van der Waals surface area contributed by atoms with Gasteiger partial charge in [0.25, 0.3) is 0 Å². The summed E-state index contributed by atoms with van der Waals surface area (Å²) in [6.45, 7) is 0.127. The summed E-state index contributed by atoms with van der Waals surface area (Å²) < 4.78 is 18.1. The second kappa shape index (κ2) is 8.21. The molecule has 152 valence electrons. The van der Waals surface area contributed by atoms with Gasteiger partial charge in [-0.25, -0.2) is 4.98 Å². The van der Waals surface area contributed by atoms with E-state index in [-0.39, 0.29) is 24.9 Å². The third kappa shape index (κ3) is 3.55. The van der Waals surface area contributed by atoms with Gasteiger partial charge in [0.15, 0.2) is 11.5 Å². The smallest absolute Gasteiger partial charge is 0.226 e. The number of ether oxygens (including phenoxy) is 3. The molecule has 0 saturated heterocycles. The lowest BCUT2D eigenvalue weighted by Crippen LogP contribution is -2.25. The molecule has 7 nitrogen and oxygen atoms in total. The molecule has 0 fully saturated rings. The van der Waals surface area contributed by atoms with E-state index in [2.05, 4.69) is 16.2 Å². The van der Waals surface area contributed by atoms with Gasteiger partial charge in [-0.2, -0.15) is 0 Å². The summed E-state index contributed by atoms with van der Waals surface area (Å²) in [5, 5.41) is 2.95. The van der Waals surface area contributed by atoms with Crippen LogP contribution in [-0.2, 0) is 4.79 Å². The van der Waals surface area contributed by atoms with Gasteiger partial charge in [0.05, 0.1) is 19.9 Å². The van der Waals surface area contributed by atoms with Crippen molar-refractivity contribution in [1.29, 1.82) is 0 Å². The Bertz CT molecular complexity index is 1110. The van der Waals surface area contributed by atoms with Crippen LogP contribution in [0.3, 0.4) is 0 Å². The Labute approximate surface area is 174 Å². The Morgan fingerprint density at radius 2 is 1.97 bits per heavy atom. The Morgan fingerprint density at radius 1 is 1.17 bits per heavy atom. The van der Waals surface area contributed by atoms with Crippen LogP contribution < -0.4 is 19.5 Å². The van der Waals surface area contributed by atoms with E-state index in [0.29, 0.717) is 17.3 Å². The molecule has 1 amide bonds. The number of amides is 1. The lowest BCUT2D eigenvalue weighted by molar-refractivity contribution is -0.116. The maximum absolute atomic E-state index is 12.5. The van der Waals surface area contributed by atoms with Gasteiger partial charge in [0.2, 0.25) is 5.91 Å². The number of carbonyl (C=O) groups excluding carboxylic acids is 1. The van der Waals surface area contributed by atoms with E-state index in [1.165, 1.54) is 0 Å². The Kier molecular flexibility index (Phi) is 5.31. The minimum Gasteiger partial charge on any atom is -0.497 e. The molecule has 0 bridgehead atoms. The number of terminal acetylenes is 1. The van der Waals surface area contributed by atoms with Crippen molar-refractivity contribution in [3.05, 3.63) is 60.0 Å². The number of carbonyl (C=O) groups is 1. The molecular weight excluding hydrogens is 382 g/mol. The van der Waals surface area contributed by atoms with Crippen molar-refractivity contribution in [2.24, 2.45) is 0 Å². The van der Waals surface area contributed by atoms with Gasteiger partial charge in [-0.3, -0.25) is 9.36 Å². The summed E-state index contributed by atoms with van der Waals surface area (Å²) in [6, 6.07) is 13.1. The van der Waals surface area contributed by atoms with E-state index >= 15 is 0 Å². The average molecular weight is 403 g/mol. The summed E-state index contributed by atoms with van der Waals surface area (Å²) in [5.74, 6) is 4.69. The van der Waals surface area contributed by atoms with Gasteiger partial charge in [-0.1, -0.05) is 12.0 Å². The fourth-order valence-electron chi connectivity index (χ4n) is 3.56. The Hall–Kier alpha value is -3.92. The van der Waals surface area contributed by atoms with Crippen molar-refractivity contribution in [3.63, 3.8) is 0 Å². The highest BCUT2D eigenvalue weighted by Crippen LogP contribution is 2.40. The first-order chi connectivity index (χ1) is 14.6. The van der Waals surface area contributed by atoms with Crippen molar-refractivity contribution >= 4 is 11.7 Å². The number of rotatable bonds is 6. The summed E-state index contributed by atoms with van der Waals surface area (Å²) in [4.78, 5) is 17.1. The van der Waals surface area contributed by atoms with Gasteiger partial charge in [0.1, 0.15) is 24.5 Å². The van der Waals surface area contributed by atoms with Crippen LogP contribution in [0.15, 0.2) is 48.8 Å². The minimum atomic E-state index is -0.215. The number of aromatic nitrogens is 2. The fourth-order valence-corrected chi connectivity index (χ4v) is 3.56. The van der Waals surface area contributed by atoms with Crippen molar-refractivity contribution in [3.8, 4) is 35.3 Å². The molecule has 2 aromatic carbocycles. The van der Waals surface area contributed by atoms with Crippen LogP contribution in [0, 0.1) is 12.3 Å². The molecule has 0 saturated carbocycles. The van der Waals surface area contributed by atoms with E-state index in [9.17, 15) is 4.79 Å². The molecule has 7 heteroatoms. The van der Waals surface area contributed by atoms with Crippen LogP contribution in [0.4, 0.5) is 5.82 Å². The molecule has 2 heterocycles. The Morgan fingerprint density at radius 3 is 2.67 bits per heavy atom. The van der Waals surface area contributed by atoms with Crippen LogP contribution in [0.25, 0.3) is 5.69 Å². The maximum atomic E-state index is 12.5. The molecule has 3 aromatic rings. The number of methoxy groups -OCH3 is 2. The largest absolute Gasteiger partial charge is 0.497 e.